The highest BCUT2D eigenvalue weighted by Crippen LogP contribution is 2.27. The number of hydrogen-bond donors (Lipinski definition) is 1. The first-order chi connectivity index (χ1) is 13.9. The van der Waals surface area contributed by atoms with E-state index in [-0.39, 0.29) is 23.9 Å². The molecule has 0 saturated heterocycles. The highest BCUT2D eigenvalue weighted by atomic mass is 32.2. The molecule has 1 N–H and O–H groups in total. The number of carbonyl (C=O) groups excluding carboxylic acids is 1. The van der Waals surface area contributed by atoms with Crippen LogP contribution in [0, 0.1) is 6.92 Å². The molecule has 2 aromatic heterocycles. The Labute approximate surface area is 169 Å². The van der Waals surface area contributed by atoms with Gasteiger partial charge in [0.05, 0.1) is 23.5 Å². The zero-order valence-electron chi connectivity index (χ0n) is 15.9. The standard InChI is InChI=1S/C20H21N5O3S/c1-15-4-6-18(7-5-15)29(27,28)24-12-17-11-22-14-25(17)19(13-24)20(26)23-10-16-3-2-8-21-9-16/h2-9,11,14,19H,10,12-13H2,1H3,(H,23,26). The van der Waals surface area contributed by atoms with E-state index in [0.717, 1.165) is 11.1 Å². The molecule has 0 saturated carbocycles. The average Bonchev–Trinajstić information content (AvgIpc) is 3.21. The summed E-state index contributed by atoms with van der Waals surface area (Å²) in [5.41, 5.74) is 2.52. The molecular formula is C20H21N5O3S. The van der Waals surface area contributed by atoms with Crippen LogP contribution >= 0.6 is 0 Å². The van der Waals surface area contributed by atoms with Crippen LogP contribution in [-0.4, -0.2) is 39.7 Å². The van der Waals surface area contributed by atoms with Crippen LogP contribution in [0.5, 0.6) is 0 Å². The van der Waals surface area contributed by atoms with E-state index in [1.807, 2.05) is 13.0 Å². The fourth-order valence-corrected chi connectivity index (χ4v) is 4.74. The van der Waals surface area contributed by atoms with Crippen LogP contribution in [0.1, 0.15) is 22.9 Å². The molecule has 1 amide bonds. The third kappa shape index (κ3) is 3.92. The zero-order valence-corrected chi connectivity index (χ0v) is 16.7. The number of aromatic nitrogens is 3. The molecule has 0 bridgehead atoms. The summed E-state index contributed by atoms with van der Waals surface area (Å²) in [7, 11) is -3.73. The summed E-state index contributed by atoms with van der Waals surface area (Å²) in [5, 5.41) is 2.87. The number of nitrogens with one attached hydrogen (secondary N) is 1. The van der Waals surface area contributed by atoms with Crippen LogP contribution in [0.3, 0.4) is 0 Å². The topological polar surface area (TPSA) is 97.2 Å². The van der Waals surface area contributed by atoms with E-state index in [4.69, 9.17) is 0 Å². The maximum atomic E-state index is 13.1. The van der Waals surface area contributed by atoms with Crippen LogP contribution in [0.2, 0.25) is 0 Å². The van der Waals surface area contributed by atoms with Gasteiger partial charge >= 0.3 is 0 Å². The molecular weight excluding hydrogens is 390 g/mol. The van der Waals surface area contributed by atoms with Crippen LogP contribution in [0.25, 0.3) is 0 Å². The van der Waals surface area contributed by atoms with Gasteiger partial charge in [0.2, 0.25) is 15.9 Å². The first kappa shape index (κ1) is 19.3. The van der Waals surface area contributed by atoms with E-state index in [0.29, 0.717) is 12.2 Å². The van der Waals surface area contributed by atoms with Crippen molar-refractivity contribution in [1.29, 1.82) is 0 Å². The van der Waals surface area contributed by atoms with Gasteiger partial charge in [0.15, 0.2) is 0 Å². The molecule has 1 aliphatic heterocycles. The maximum Gasteiger partial charge on any atom is 0.244 e. The molecule has 0 fully saturated rings. The highest BCUT2D eigenvalue weighted by molar-refractivity contribution is 7.89. The molecule has 4 rings (SSSR count). The second-order valence-electron chi connectivity index (χ2n) is 7.00. The lowest BCUT2D eigenvalue weighted by Gasteiger charge is -2.33. The molecule has 29 heavy (non-hydrogen) atoms. The number of sulfonamides is 1. The molecule has 1 aliphatic rings. The summed E-state index contributed by atoms with van der Waals surface area (Å²) >= 11 is 0. The molecule has 9 heteroatoms. The van der Waals surface area contributed by atoms with Gasteiger partial charge in [0.25, 0.3) is 0 Å². The van der Waals surface area contributed by atoms with E-state index in [2.05, 4.69) is 15.3 Å². The van der Waals surface area contributed by atoms with E-state index in [1.54, 1.807) is 59.8 Å². The Balaban J connectivity index is 1.57. The first-order valence-corrected chi connectivity index (χ1v) is 10.6. The summed E-state index contributed by atoms with van der Waals surface area (Å²) in [5.74, 6) is -0.267. The maximum absolute atomic E-state index is 13.1. The molecule has 1 unspecified atom stereocenters. The summed E-state index contributed by atoms with van der Waals surface area (Å²) < 4.78 is 29.3. The van der Waals surface area contributed by atoms with E-state index in [1.165, 1.54) is 4.31 Å². The number of amides is 1. The predicted molar refractivity (Wildman–Crippen MR) is 106 cm³/mol. The van der Waals surface area contributed by atoms with Crippen molar-refractivity contribution in [3.63, 3.8) is 0 Å². The summed E-state index contributed by atoms with van der Waals surface area (Å²) in [4.78, 5) is 21.2. The lowest BCUT2D eigenvalue weighted by atomic mass is 10.2. The zero-order chi connectivity index (χ0) is 20.4. The minimum absolute atomic E-state index is 0.0401. The second-order valence-corrected chi connectivity index (χ2v) is 8.94. The third-order valence-corrected chi connectivity index (χ3v) is 6.77. The van der Waals surface area contributed by atoms with Crippen molar-refractivity contribution in [2.24, 2.45) is 0 Å². The normalized spacial score (nSPS) is 16.9. The third-order valence-electron chi connectivity index (χ3n) is 4.95. The van der Waals surface area contributed by atoms with Gasteiger partial charge in [0.1, 0.15) is 6.04 Å². The van der Waals surface area contributed by atoms with Crippen molar-refractivity contribution in [2.75, 3.05) is 6.54 Å². The Bertz CT molecular complexity index is 1110. The van der Waals surface area contributed by atoms with Gasteiger partial charge in [-0.05, 0) is 30.7 Å². The molecule has 1 atom stereocenters. The Kier molecular flexibility index (Phi) is 5.16. The van der Waals surface area contributed by atoms with Gasteiger partial charge in [-0.25, -0.2) is 13.4 Å². The van der Waals surface area contributed by atoms with E-state index >= 15 is 0 Å². The highest BCUT2D eigenvalue weighted by Gasteiger charge is 2.36. The van der Waals surface area contributed by atoms with E-state index < -0.39 is 16.1 Å². The largest absolute Gasteiger partial charge is 0.350 e. The monoisotopic (exact) mass is 411 g/mol. The average molecular weight is 411 g/mol. The van der Waals surface area contributed by atoms with Crippen molar-refractivity contribution in [3.05, 3.63) is 78.1 Å². The van der Waals surface area contributed by atoms with Crippen molar-refractivity contribution >= 4 is 15.9 Å². The minimum atomic E-state index is -3.73. The number of nitrogens with zero attached hydrogens (tertiary/aromatic N) is 4. The van der Waals surface area contributed by atoms with Crippen LogP contribution < -0.4 is 5.32 Å². The second kappa shape index (κ2) is 7.76. The fourth-order valence-electron chi connectivity index (χ4n) is 3.32. The number of fused-ring (bicyclic) bond motifs is 1. The minimum Gasteiger partial charge on any atom is -0.350 e. The van der Waals surface area contributed by atoms with Crippen molar-refractivity contribution < 1.29 is 13.2 Å². The number of imidazole rings is 1. The lowest BCUT2D eigenvalue weighted by Crippen LogP contribution is -2.46. The SMILES string of the molecule is Cc1ccc(S(=O)(=O)N2Cc3cncn3C(C(=O)NCc3cccnc3)C2)cc1. The van der Waals surface area contributed by atoms with Gasteiger partial charge < -0.3 is 9.88 Å². The molecule has 1 aromatic carbocycles. The number of pyridine rings is 1. The Morgan fingerprint density at radius 3 is 2.69 bits per heavy atom. The number of aryl methyl sites for hydroxylation is 1. The number of rotatable bonds is 5. The summed E-state index contributed by atoms with van der Waals surface area (Å²) in [6, 6.07) is 9.68. The van der Waals surface area contributed by atoms with Gasteiger partial charge in [-0.15, -0.1) is 0 Å². The van der Waals surface area contributed by atoms with Gasteiger partial charge in [0, 0.05) is 31.7 Å². The molecule has 150 valence electrons. The molecule has 3 aromatic rings. The Morgan fingerprint density at radius 2 is 1.97 bits per heavy atom. The molecule has 3 heterocycles. The quantitative estimate of drug-likeness (QED) is 0.689. The van der Waals surface area contributed by atoms with Gasteiger partial charge in [-0.2, -0.15) is 4.31 Å². The van der Waals surface area contributed by atoms with Crippen molar-refractivity contribution in [2.45, 2.75) is 31.0 Å². The number of hydrogen-bond acceptors (Lipinski definition) is 5. The molecule has 0 spiro atoms. The van der Waals surface area contributed by atoms with Crippen molar-refractivity contribution in [1.82, 2.24) is 24.2 Å². The Morgan fingerprint density at radius 1 is 1.17 bits per heavy atom. The lowest BCUT2D eigenvalue weighted by molar-refractivity contribution is -0.125. The number of carbonyl (C=O) groups is 1. The fraction of sp³-hybridized carbons (Fsp3) is 0.250. The van der Waals surface area contributed by atoms with Crippen LogP contribution in [0.4, 0.5) is 0 Å². The smallest absolute Gasteiger partial charge is 0.244 e. The predicted octanol–water partition coefficient (Wildman–Crippen LogP) is 1.65. The van der Waals surface area contributed by atoms with Crippen LogP contribution in [0.15, 0.2) is 66.2 Å². The van der Waals surface area contributed by atoms with Gasteiger partial charge in [-0.3, -0.25) is 9.78 Å². The number of benzene rings is 1. The first-order valence-electron chi connectivity index (χ1n) is 9.19. The Hall–Kier alpha value is -3.04. The summed E-state index contributed by atoms with van der Waals surface area (Å²) in [6.07, 6.45) is 6.51. The molecule has 8 nitrogen and oxygen atoms in total. The van der Waals surface area contributed by atoms with Gasteiger partial charge in [-0.1, -0.05) is 23.8 Å². The van der Waals surface area contributed by atoms with Crippen molar-refractivity contribution in [3.8, 4) is 0 Å². The van der Waals surface area contributed by atoms with Crippen LogP contribution in [-0.2, 0) is 27.9 Å². The summed E-state index contributed by atoms with van der Waals surface area (Å²) in [6.45, 7) is 2.43. The van der Waals surface area contributed by atoms with E-state index in [9.17, 15) is 13.2 Å². The molecule has 0 aliphatic carbocycles. The molecule has 0 radical (unpaired) electrons.